The van der Waals surface area contributed by atoms with Crippen molar-refractivity contribution in [3.63, 3.8) is 0 Å². The largest absolute Gasteiger partial charge is 0.446 e. The number of nitrogens with one attached hydrogen (secondary N) is 1. The zero-order chi connectivity index (χ0) is 11.1. The summed E-state index contributed by atoms with van der Waals surface area (Å²) in [5.41, 5.74) is 0. The molecule has 1 saturated heterocycles. The third-order valence-electron chi connectivity index (χ3n) is 2.62. The lowest BCUT2D eigenvalue weighted by molar-refractivity contribution is -0.276. The molecule has 0 aromatic rings. The third-order valence-corrected chi connectivity index (χ3v) is 3.26. The molecule has 0 atom stereocenters. The van der Waals surface area contributed by atoms with E-state index < -0.39 is 10.4 Å². The highest BCUT2D eigenvalue weighted by atomic mass is 32.3. The van der Waals surface area contributed by atoms with Crippen LogP contribution >= 0.6 is 0 Å². The van der Waals surface area contributed by atoms with Crippen LogP contribution in [0.1, 0.15) is 26.2 Å². The summed E-state index contributed by atoms with van der Waals surface area (Å²) in [5.74, 6) is -0.0583. The molecule has 2 rings (SSSR count). The average Bonchev–Trinajstić information content (AvgIpc) is 2.05. The molecule has 1 N–H and O–H groups in total. The smallest absolute Gasteiger partial charge is 0.337 e. The maximum absolute atomic E-state index is 10.6. The summed E-state index contributed by atoms with van der Waals surface area (Å²) in [7, 11) is -3.87. The van der Waals surface area contributed by atoms with Gasteiger partial charge in [0.2, 0.25) is 5.96 Å². The minimum Gasteiger partial charge on any atom is -0.337 e. The Bertz CT molecular complexity index is 352. The van der Waals surface area contributed by atoms with Gasteiger partial charge in [-0.3, -0.25) is 5.41 Å². The maximum atomic E-state index is 10.6. The summed E-state index contributed by atoms with van der Waals surface area (Å²) in [5, 5.41) is 8.31. The van der Waals surface area contributed by atoms with Gasteiger partial charge in [0, 0.05) is 12.6 Å². The molecule has 2 aliphatic rings. The van der Waals surface area contributed by atoms with Gasteiger partial charge in [0.15, 0.2) is 0 Å². The second-order valence-corrected chi connectivity index (χ2v) is 4.62. The summed E-state index contributed by atoms with van der Waals surface area (Å²) < 4.78 is 29.7. The number of guanidine groups is 1. The molecule has 8 heteroatoms. The molecule has 0 amide bonds. The Balaban J connectivity index is 1.94. The van der Waals surface area contributed by atoms with E-state index in [1.165, 1.54) is 0 Å². The van der Waals surface area contributed by atoms with E-state index in [1.807, 2.05) is 6.92 Å². The first-order valence-corrected chi connectivity index (χ1v) is 6.16. The van der Waals surface area contributed by atoms with Crippen LogP contribution in [0.2, 0.25) is 0 Å². The summed E-state index contributed by atoms with van der Waals surface area (Å²) in [6.07, 6.45) is 3.20. The van der Waals surface area contributed by atoms with Gasteiger partial charge in [-0.05, 0) is 26.2 Å². The van der Waals surface area contributed by atoms with Crippen LogP contribution < -0.4 is 0 Å². The lowest BCUT2D eigenvalue weighted by atomic mass is 9.92. The maximum Gasteiger partial charge on any atom is 0.446 e. The van der Waals surface area contributed by atoms with Crippen LogP contribution in [0.3, 0.4) is 0 Å². The van der Waals surface area contributed by atoms with Crippen LogP contribution in [-0.4, -0.2) is 37.1 Å². The van der Waals surface area contributed by atoms with Gasteiger partial charge in [0.1, 0.15) is 0 Å². The fraction of sp³-hybridized carbons (Fsp3) is 0.857. The highest BCUT2D eigenvalue weighted by Crippen LogP contribution is 2.27. The Kier molecular flexibility index (Phi) is 2.57. The summed E-state index contributed by atoms with van der Waals surface area (Å²) >= 11 is 0. The molecule has 1 heterocycles. The SMILES string of the molecule is CCN(C(=N)N1OS(=O)(=O)O1)C1CCC1. The molecule has 0 unspecified atom stereocenters. The predicted molar refractivity (Wildman–Crippen MR) is 50.7 cm³/mol. The first-order valence-electron chi connectivity index (χ1n) is 4.83. The average molecular weight is 235 g/mol. The van der Waals surface area contributed by atoms with E-state index in [0.29, 0.717) is 17.8 Å². The zero-order valence-corrected chi connectivity index (χ0v) is 9.16. The molecular formula is C7H13N3O4S. The van der Waals surface area contributed by atoms with E-state index in [0.717, 1.165) is 19.3 Å². The lowest BCUT2D eigenvalue weighted by Gasteiger charge is -2.41. The molecule has 0 aromatic carbocycles. The van der Waals surface area contributed by atoms with Crippen LogP contribution in [0.4, 0.5) is 0 Å². The highest BCUT2D eigenvalue weighted by Gasteiger charge is 2.41. The van der Waals surface area contributed by atoms with E-state index in [1.54, 1.807) is 4.90 Å². The van der Waals surface area contributed by atoms with Gasteiger partial charge >= 0.3 is 10.4 Å². The number of hydrogen-bond donors (Lipinski definition) is 1. The fourth-order valence-electron chi connectivity index (χ4n) is 1.63. The van der Waals surface area contributed by atoms with Crippen molar-refractivity contribution in [1.29, 1.82) is 5.41 Å². The molecule has 15 heavy (non-hydrogen) atoms. The van der Waals surface area contributed by atoms with Crippen LogP contribution in [0.5, 0.6) is 0 Å². The molecule has 1 aliphatic heterocycles. The van der Waals surface area contributed by atoms with Crippen LogP contribution in [0.15, 0.2) is 0 Å². The van der Waals surface area contributed by atoms with Crippen molar-refractivity contribution in [2.75, 3.05) is 6.54 Å². The van der Waals surface area contributed by atoms with Gasteiger partial charge in [-0.25, -0.2) is 0 Å². The molecule has 0 spiro atoms. The molecule has 0 radical (unpaired) electrons. The third kappa shape index (κ3) is 1.92. The second-order valence-electron chi connectivity index (χ2n) is 3.51. The van der Waals surface area contributed by atoms with Crippen LogP contribution in [0.25, 0.3) is 0 Å². The number of hydroxylamine groups is 2. The Labute approximate surface area is 88.3 Å². The van der Waals surface area contributed by atoms with Gasteiger partial charge in [-0.15, -0.1) is 0 Å². The standard InChI is InChI=1S/C7H13N3O4S/c1-2-9(6-4-3-5-6)7(8)10-13-15(11,12)14-10/h6,8H,2-5H2,1H3. The molecule has 1 saturated carbocycles. The monoisotopic (exact) mass is 235 g/mol. The predicted octanol–water partition coefficient (Wildman–Crippen LogP) is 0.219. The topological polar surface area (TPSA) is 82.9 Å². The minimum atomic E-state index is -3.87. The molecule has 0 bridgehead atoms. The van der Waals surface area contributed by atoms with Crippen molar-refractivity contribution < 1.29 is 17.0 Å². The van der Waals surface area contributed by atoms with Gasteiger partial charge in [-0.1, -0.05) is 13.8 Å². The number of hydrogen-bond acceptors (Lipinski definition) is 5. The van der Waals surface area contributed by atoms with Gasteiger partial charge in [0.25, 0.3) is 0 Å². The van der Waals surface area contributed by atoms with Crippen LogP contribution in [0, 0.1) is 5.41 Å². The van der Waals surface area contributed by atoms with Crippen molar-refractivity contribution in [2.45, 2.75) is 32.2 Å². The fourth-order valence-corrected chi connectivity index (χ4v) is 2.11. The zero-order valence-electron chi connectivity index (χ0n) is 8.34. The van der Waals surface area contributed by atoms with Gasteiger partial charge < -0.3 is 4.90 Å². The van der Waals surface area contributed by atoms with Crippen molar-refractivity contribution in [3.8, 4) is 0 Å². The van der Waals surface area contributed by atoms with Gasteiger partial charge in [-0.2, -0.15) is 8.42 Å². The molecular weight excluding hydrogens is 222 g/mol. The second kappa shape index (κ2) is 3.62. The minimum absolute atomic E-state index is 0.0583. The Morgan fingerprint density at radius 1 is 1.53 bits per heavy atom. The summed E-state index contributed by atoms with van der Waals surface area (Å²) in [6.45, 7) is 2.54. The van der Waals surface area contributed by atoms with Crippen molar-refractivity contribution >= 4 is 16.4 Å². The summed E-state index contributed by atoms with van der Waals surface area (Å²) in [4.78, 5) is 1.76. The quantitative estimate of drug-likeness (QED) is 0.544. The van der Waals surface area contributed by atoms with Crippen LogP contribution in [-0.2, 0) is 19.0 Å². The molecule has 0 aromatic heterocycles. The van der Waals surface area contributed by atoms with Crippen molar-refractivity contribution in [3.05, 3.63) is 0 Å². The summed E-state index contributed by atoms with van der Waals surface area (Å²) in [6, 6.07) is 0.304. The molecule has 86 valence electrons. The van der Waals surface area contributed by atoms with E-state index in [4.69, 9.17) is 5.41 Å². The van der Waals surface area contributed by atoms with Crippen molar-refractivity contribution in [2.24, 2.45) is 0 Å². The number of nitrogens with zero attached hydrogens (tertiary/aromatic N) is 2. The Morgan fingerprint density at radius 3 is 2.47 bits per heavy atom. The normalized spacial score (nSPS) is 24.2. The molecule has 2 fully saturated rings. The van der Waals surface area contributed by atoms with E-state index in [2.05, 4.69) is 8.57 Å². The first kappa shape index (κ1) is 10.7. The van der Waals surface area contributed by atoms with E-state index in [-0.39, 0.29) is 5.96 Å². The highest BCUT2D eigenvalue weighted by molar-refractivity contribution is 7.82. The first-order chi connectivity index (χ1) is 7.03. The molecule has 7 nitrogen and oxygen atoms in total. The Morgan fingerprint density at radius 2 is 2.13 bits per heavy atom. The van der Waals surface area contributed by atoms with E-state index >= 15 is 0 Å². The number of rotatable bonds is 2. The lowest BCUT2D eigenvalue weighted by Crippen LogP contribution is -2.55. The Hall–Kier alpha value is -0.860. The van der Waals surface area contributed by atoms with E-state index in [9.17, 15) is 8.42 Å². The van der Waals surface area contributed by atoms with Crippen molar-refractivity contribution in [1.82, 2.24) is 10.1 Å². The van der Waals surface area contributed by atoms with Gasteiger partial charge in [0.05, 0.1) is 0 Å². The molecule has 1 aliphatic carbocycles.